The molecule has 4 rings (SSSR count). The minimum Gasteiger partial charge on any atom is -0.506 e. The Morgan fingerprint density at radius 2 is 1.79 bits per heavy atom. The smallest absolute Gasteiger partial charge is 0.256 e. The van der Waals surface area contributed by atoms with Crippen molar-refractivity contribution in [3.63, 3.8) is 0 Å². The molecule has 4 aromatic rings. The van der Waals surface area contributed by atoms with E-state index in [4.69, 9.17) is 16.3 Å². The highest BCUT2D eigenvalue weighted by Crippen LogP contribution is 2.40. The molecule has 0 saturated heterocycles. The standard InChI is InChI=1S/C26H22ClN3O4/c1-15-7-10-24(34-2)22(11-15)29-30-25-19-6-4-3-5-18(19)20(13-23(25)32)26(33)28-21-9-8-17(27)12-16(21)14-31/h3-13,31-32H,14H2,1-2H3,(H,28,33)/b30-29+. The Hall–Kier alpha value is -3.94. The number of azo groups is 1. The quantitative estimate of drug-likeness (QED) is 0.271. The second kappa shape index (κ2) is 9.91. The Morgan fingerprint density at radius 1 is 1.03 bits per heavy atom. The van der Waals surface area contributed by atoms with Gasteiger partial charge in [0, 0.05) is 21.7 Å². The van der Waals surface area contributed by atoms with Crippen molar-refractivity contribution in [3.05, 3.63) is 88.4 Å². The summed E-state index contributed by atoms with van der Waals surface area (Å²) in [6.45, 7) is 1.64. The van der Waals surface area contributed by atoms with Crippen molar-refractivity contribution < 1.29 is 19.7 Å². The number of halogens is 1. The molecule has 0 aliphatic rings. The number of hydrogen-bond donors (Lipinski definition) is 3. The van der Waals surface area contributed by atoms with Gasteiger partial charge < -0.3 is 20.3 Å². The monoisotopic (exact) mass is 475 g/mol. The number of methoxy groups -OCH3 is 1. The van der Waals surface area contributed by atoms with Crippen LogP contribution in [0.2, 0.25) is 5.02 Å². The van der Waals surface area contributed by atoms with E-state index in [-0.39, 0.29) is 23.6 Å². The van der Waals surface area contributed by atoms with Crippen molar-refractivity contribution in [2.75, 3.05) is 12.4 Å². The number of aryl methyl sites for hydroxylation is 1. The molecule has 0 aliphatic heterocycles. The zero-order valence-electron chi connectivity index (χ0n) is 18.5. The SMILES string of the molecule is COc1ccc(C)cc1/N=N/c1c(O)cc(C(=O)Nc2ccc(Cl)cc2CO)c2ccccc12. The van der Waals surface area contributed by atoms with Gasteiger partial charge in [0.25, 0.3) is 5.91 Å². The molecule has 0 saturated carbocycles. The summed E-state index contributed by atoms with van der Waals surface area (Å²) in [5, 5.41) is 33.3. The lowest BCUT2D eigenvalue weighted by Crippen LogP contribution is -2.14. The summed E-state index contributed by atoms with van der Waals surface area (Å²) >= 11 is 5.98. The van der Waals surface area contributed by atoms with Crippen LogP contribution in [0.1, 0.15) is 21.5 Å². The molecule has 4 aromatic carbocycles. The normalized spacial score (nSPS) is 11.2. The molecule has 0 radical (unpaired) electrons. The van der Waals surface area contributed by atoms with Gasteiger partial charge in [-0.2, -0.15) is 0 Å². The highest BCUT2D eigenvalue weighted by atomic mass is 35.5. The molecule has 0 spiro atoms. The Labute approximate surface area is 201 Å². The molecular weight excluding hydrogens is 454 g/mol. The van der Waals surface area contributed by atoms with E-state index in [0.717, 1.165) is 5.56 Å². The van der Waals surface area contributed by atoms with Gasteiger partial charge in [-0.25, -0.2) is 0 Å². The van der Waals surface area contributed by atoms with E-state index < -0.39 is 5.91 Å². The molecule has 0 heterocycles. The van der Waals surface area contributed by atoms with E-state index in [1.807, 2.05) is 19.1 Å². The summed E-state index contributed by atoms with van der Waals surface area (Å²) in [6.07, 6.45) is 0. The molecule has 7 nitrogen and oxygen atoms in total. The highest BCUT2D eigenvalue weighted by Gasteiger charge is 2.18. The van der Waals surface area contributed by atoms with Gasteiger partial charge in [-0.05, 0) is 54.3 Å². The topological polar surface area (TPSA) is 104 Å². The molecule has 1 amide bonds. The van der Waals surface area contributed by atoms with E-state index in [1.165, 1.54) is 6.07 Å². The fourth-order valence-corrected chi connectivity index (χ4v) is 3.82. The lowest BCUT2D eigenvalue weighted by molar-refractivity contribution is 0.102. The lowest BCUT2D eigenvalue weighted by Gasteiger charge is -2.13. The number of phenolic OH excluding ortho intramolecular Hbond substituents is 1. The van der Waals surface area contributed by atoms with Crippen LogP contribution in [0.25, 0.3) is 10.8 Å². The van der Waals surface area contributed by atoms with E-state index in [2.05, 4.69) is 15.5 Å². The van der Waals surface area contributed by atoms with E-state index in [0.29, 0.717) is 38.5 Å². The number of nitrogens with zero attached hydrogens (tertiary/aromatic N) is 2. The fourth-order valence-electron chi connectivity index (χ4n) is 3.62. The number of aliphatic hydroxyl groups is 1. The van der Waals surface area contributed by atoms with E-state index in [9.17, 15) is 15.0 Å². The number of ether oxygens (including phenoxy) is 1. The number of fused-ring (bicyclic) bond motifs is 1. The van der Waals surface area contributed by atoms with Crippen molar-refractivity contribution in [2.45, 2.75) is 13.5 Å². The second-order valence-corrected chi connectivity index (χ2v) is 8.06. The largest absolute Gasteiger partial charge is 0.506 e. The van der Waals surface area contributed by atoms with Gasteiger partial charge in [0.05, 0.1) is 19.3 Å². The third-order valence-corrected chi connectivity index (χ3v) is 5.55. The average molecular weight is 476 g/mol. The van der Waals surface area contributed by atoms with Crippen LogP contribution >= 0.6 is 11.6 Å². The van der Waals surface area contributed by atoms with Crippen molar-refractivity contribution >= 4 is 45.3 Å². The first-order valence-electron chi connectivity index (χ1n) is 10.4. The fraction of sp³-hybridized carbons (Fsp3) is 0.115. The zero-order chi connectivity index (χ0) is 24.2. The minimum atomic E-state index is -0.452. The van der Waals surface area contributed by atoms with Crippen LogP contribution in [-0.2, 0) is 6.61 Å². The van der Waals surface area contributed by atoms with Crippen molar-refractivity contribution in [2.24, 2.45) is 10.2 Å². The van der Waals surface area contributed by atoms with Gasteiger partial charge in [-0.3, -0.25) is 4.79 Å². The predicted molar refractivity (Wildman–Crippen MR) is 133 cm³/mol. The molecule has 34 heavy (non-hydrogen) atoms. The van der Waals surface area contributed by atoms with Gasteiger partial charge in [0.15, 0.2) is 0 Å². The summed E-state index contributed by atoms with van der Waals surface area (Å²) in [5.74, 6) is -0.0955. The predicted octanol–water partition coefficient (Wildman–Crippen LogP) is 6.68. The van der Waals surface area contributed by atoms with Crippen LogP contribution in [-0.4, -0.2) is 23.2 Å². The average Bonchev–Trinajstić information content (AvgIpc) is 2.84. The van der Waals surface area contributed by atoms with E-state index in [1.54, 1.807) is 55.6 Å². The molecule has 0 aliphatic carbocycles. The van der Waals surface area contributed by atoms with Crippen LogP contribution in [0.3, 0.4) is 0 Å². The number of aliphatic hydroxyl groups excluding tert-OH is 1. The number of benzene rings is 4. The van der Waals surface area contributed by atoms with Crippen LogP contribution < -0.4 is 10.1 Å². The first-order valence-corrected chi connectivity index (χ1v) is 10.8. The number of carbonyl (C=O) groups excluding carboxylic acids is 1. The number of phenols is 1. The molecule has 0 atom stereocenters. The zero-order valence-corrected chi connectivity index (χ0v) is 19.3. The molecule has 0 bridgehead atoms. The Kier molecular flexibility index (Phi) is 6.77. The molecule has 8 heteroatoms. The first-order chi connectivity index (χ1) is 16.4. The van der Waals surface area contributed by atoms with Crippen LogP contribution in [0.5, 0.6) is 11.5 Å². The number of hydrogen-bond acceptors (Lipinski definition) is 6. The van der Waals surface area contributed by atoms with Crippen molar-refractivity contribution in [1.29, 1.82) is 0 Å². The molecular formula is C26H22ClN3O4. The Bertz CT molecular complexity index is 1420. The van der Waals surface area contributed by atoms with Gasteiger partial charge in [0.1, 0.15) is 22.9 Å². The Balaban J connectivity index is 1.76. The van der Waals surface area contributed by atoms with E-state index >= 15 is 0 Å². The summed E-state index contributed by atoms with van der Waals surface area (Å²) in [5.41, 5.74) is 2.90. The molecule has 0 aromatic heterocycles. The van der Waals surface area contributed by atoms with Crippen molar-refractivity contribution in [3.8, 4) is 11.5 Å². The third kappa shape index (κ3) is 4.71. The third-order valence-electron chi connectivity index (χ3n) is 5.32. The summed E-state index contributed by atoms with van der Waals surface area (Å²) in [4.78, 5) is 13.1. The van der Waals surface area contributed by atoms with Gasteiger partial charge in [-0.15, -0.1) is 10.2 Å². The number of anilines is 1. The van der Waals surface area contributed by atoms with Crippen LogP contribution in [0, 0.1) is 6.92 Å². The highest BCUT2D eigenvalue weighted by molar-refractivity contribution is 6.30. The minimum absolute atomic E-state index is 0.197. The summed E-state index contributed by atoms with van der Waals surface area (Å²) in [6, 6.07) is 18.8. The van der Waals surface area contributed by atoms with Gasteiger partial charge >= 0.3 is 0 Å². The van der Waals surface area contributed by atoms with Gasteiger partial charge in [0.2, 0.25) is 0 Å². The number of carbonyl (C=O) groups is 1. The van der Waals surface area contributed by atoms with Gasteiger partial charge in [-0.1, -0.05) is 41.9 Å². The number of nitrogens with one attached hydrogen (secondary N) is 1. The Morgan fingerprint density at radius 3 is 2.53 bits per heavy atom. The first kappa shape index (κ1) is 23.2. The second-order valence-electron chi connectivity index (χ2n) is 7.63. The molecule has 0 fully saturated rings. The number of rotatable bonds is 6. The summed E-state index contributed by atoms with van der Waals surface area (Å²) in [7, 11) is 1.55. The molecule has 172 valence electrons. The number of aromatic hydroxyl groups is 1. The number of amides is 1. The maximum absolute atomic E-state index is 13.1. The molecule has 3 N–H and O–H groups in total. The summed E-state index contributed by atoms with van der Waals surface area (Å²) < 4.78 is 5.34. The maximum Gasteiger partial charge on any atom is 0.256 e. The lowest BCUT2D eigenvalue weighted by atomic mass is 10.0. The van der Waals surface area contributed by atoms with Crippen LogP contribution in [0.4, 0.5) is 17.1 Å². The van der Waals surface area contributed by atoms with Crippen LogP contribution in [0.15, 0.2) is 77.0 Å². The maximum atomic E-state index is 13.1. The van der Waals surface area contributed by atoms with Crippen molar-refractivity contribution in [1.82, 2.24) is 0 Å². The molecule has 0 unspecified atom stereocenters.